The monoisotopic (exact) mass is 291 g/mol. The van der Waals surface area contributed by atoms with Gasteiger partial charge in [-0.1, -0.05) is 41.4 Å². The molecule has 3 rings (SSSR count). The lowest BCUT2D eigenvalue weighted by atomic mass is 10.2. The van der Waals surface area contributed by atoms with Crippen LogP contribution in [0.2, 0.25) is 10.0 Å². The minimum Gasteiger partial charge on any atom is -0.326 e. The van der Waals surface area contributed by atoms with Gasteiger partial charge in [0.2, 0.25) is 0 Å². The molecule has 0 fully saturated rings. The van der Waals surface area contributed by atoms with E-state index < -0.39 is 0 Å². The van der Waals surface area contributed by atoms with Gasteiger partial charge in [-0.3, -0.25) is 0 Å². The Morgan fingerprint density at radius 2 is 1.95 bits per heavy atom. The van der Waals surface area contributed by atoms with Gasteiger partial charge < -0.3 is 10.1 Å². The van der Waals surface area contributed by atoms with Crippen LogP contribution in [-0.2, 0) is 6.54 Å². The lowest BCUT2D eigenvalue weighted by Crippen LogP contribution is -1.97. The molecule has 0 unspecified atom stereocenters. The SMILES string of the molecule is NCc1ccc2nc(-c3cccc(Cl)c3Cl)cn2c1. The average Bonchev–Trinajstić information content (AvgIpc) is 2.84. The van der Waals surface area contributed by atoms with Crippen molar-refractivity contribution in [3.63, 3.8) is 0 Å². The van der Waals surface area contributed by atoms with Gasteiger partial charge >= 0.3 is 0 Å². The molecule has 0 bridgehead atoms. The molecule has 3 nitrogen and oxygen atoms in total. The van der Waals surface area contributed by atoms with Crippen LogP contribution in [0.1, 0.15) is 5.56 Å². The van der Waals surface area contributed by atoms with Crippen LogP contribution in [0.25, 0.3) is 16.9 Å². The maximum atomic E-state index is 6.21. The first kappa shape index (κ1) is 12.5. The number of halogens is 2. The molecule has 96 valence electrons. The molecule has 0 saturated heterocycles. The van der Waals surface area contributed by atoms with E-state index in [0.717, 1.165) is 22.5 Å². The molecule has 19 heavy (non-hydrogen) atoms. The third kappa shape index (κ3) is 2.21. The van der Waals surface area contributed by atoms with Crippen LogP contribution in [0.15, 0.2) is 42.7 Å². The van der Waals surface area contributed by atoms with E-state index in [1.54, 1.807) is 6.07 Å². The maximum Gasteiger partial charge on any atom is 0.137 e. The third-order valence-electron chi connectivity index (χ3n) is 2.98. The third-order valence-corrected chi connectivity index (χ3v) is 3.79. The summed E-state index contributed by atoms with van der Waals surface area (Å²) in [5, 5.41) is 1.05. The van der Waals surface area contributed by atoms with Gasteiger partial charge in [0.25, 0.3) is 0 Å². The molecule has 0 aliphatic rings. The fraction of sp³-hybridized carbons (Fsp3) is 0.0714. The minimum absolute atomic E-state index is 0.501. The van der Waals surface area contributed by atoms with E-state index in [2.05, 4.69) is 4.98 Å². The topological polar surface area (TPSA) is 43.3 Å². The lowest BCUT2D eigenvalue weighted by molar-refractivity contribution is 1.03. The van der Waals surface area contributed by atoms with E-state index >= 15 is 0 Å². The molecule has 3 aromatic rings. The predicted molar refractivity (Wildman–Crippen MR) is 78.5 cm³/mol. The highest BCUT2D eigenvalue weighted by atomic mass is 35.5. The van der Waals surface area contributed by atoms with Gasteiger partial charge in [-0.15, -0.1) is 0 Å². The Kier molecular flexibility index (Phi) is 3.19. The molecule has 0 atom stereocenters. The summed E-state index contributed by atoms with van der Waals surface area (Å²) in [6.45, 7) is 0.501. The zero-order valence-electron chi connectivity index (χ0n) is 9.98. The summed E-state index contributed by atoms with van der Waals surface area (Å²) in [6.07, 6.45) is 3.89. The van der Waals surface area contributed by atoms with E-state index in [1.807, 2.05) is 41.1 Å². The Morgan fingerprint density at radius 1 is 1.11 bits per heavy atom. The Balaban J connectivity index is 2.18. The number of imidazole rings is 1. The van der Waals surface area contributed by atoms with E-state index in [4.69, 9.17) is 28.9 Å². The van der Waals surface area contributed by atoms with E-state index in [1.165, 1.54) is 0 Å². The summed E-state index contributed by atoms with van der Waals surface area (Å²) >= 11 is 12.2. The van der Waals surface area contributed by atoms with Crippen LogP contribution in [0.3, 0.4) is 0 Å². The van der Waals surface area contributed by atoms with Gasteiger partial charge in [0.1, 0.15) is 5.65 Å². The van der Waals surface area contributed by atoms with E-state index in [0.29, 0.717) is 16.6 Å². The van der Waals surface area contributed by atoms with Crippen molar-refractivity contribution in [3.05, 3.63) is 58.3 Å². The number of hydrogen-bond acceptors (Lipinski definition) is 2. The van der Waals surface area contributed by atoms with Crippen molar-refractivity contribution < 1.29 is 0 Å². The molecular weight excluding hydrogens is 281 g/mol. The summed E-state index contributed by atoms with van der Waals surface area (Å²) < 4.78 is 1.94. The number of pyridine rings is 1. The second kappa shape index (κ2) is 4.85. The summed E-state index contributed by atoms with van der Waals surface area (Å²) in [5.41, 5.74) is 9.15. The molecule has 0 saturated carbocycles. The highest BCUT2D eigenvalue weighted by Crippen LogP contribution is 2.32. The molecule has 0 radical (unpaired) electrons. The number of benzene rings is 1. The maximum absolute atomic E-state index is 6.21. The predicted octanol–water partition coefficient (Wildman–Crippen LogP) is 3.77. The van der Waals surface area contributed by atoms with Gasteiger partial charge in [0.15, 0.2) is 0 Å². The fourth-order valence-corrected chi connectivity index (χ4v) is 2.39. The van der Waals surface area contributed by atoms with Crippen molar-refractivity contribution in [1.82, 2.24) is 9.38 Å². The normalized spacial score (nSPS) is 11.1. The van der Waals surface area contributed by atoms with Crippen LogP contribution in [0, 0.1) is 0 Å². The molecular formula is C14H11Cl2N3. The van der Waals surface area contributed by atoms with E-state index in [-0.39, 0.29) is 0 Å². The number of rotatable bonds is 2. The quantitative estimate of drug-likeness (QED) is 0.781. The van der Waals surface area contributed by atoms with Crippen LogP contribution >= 0.6 is 23.2 Å². The van der Waals surface area contributed by atoms with Crippen LogP contribution in [0.5, 0.6) is 0 Å². The smallest absolute Gasteiger partial charge is 0.137 e. The van der Waals surface area contributed by atoms with Gasteiger partial charge in [-0.05, 0) is 17.7 Å². The molecule has 0 aliphatic carbocycles. The number of fused-ring (bicyclic) bond motifs is 1. The summed E-state index contributed by atoms with van der Waals surface area (Å²) in [5.74, 6) is 0. The Hall–Kier alpha value is -1.55. The molecule has 5 heteroatoms. The first-order valence-corrected chi connectivity index (χ1v) is 6.56. The molecule has 2 N–H and O–H groups in total. The first-order chi connectivity index (χ1) is 9.19. The van der Waals surface area contributed by atoms with Gasteiger partial charge in [-0.2, -0.15) is 0 Å². The zero-order valence-corrected chi connectivity index (χ0v) is 11.5. The molecule has 0 spiro atoms. The summed E-state index contributed by atoms with van der Waals surface area (Å²) in [4.78, 5) is 4.54. The van der Waals surface area contributed by atoms with E-state index in [9.17, 15) is 0 Å². The first-order valence-electron chi connectivity index (χ1n) is 5.81. The number of nitrogens with zero attached hydrogens (tertiary/aromatic N) is 2. The summed E-state index contributed by atoms with van der Waals surface area (Å²) in [7, 11) is 0. The zero-order chi connectivity index (χ0) is 13.4. The van der Waals surface area contributed by atoms with Gasteiger partial charge in [0.05, 0.1) is 15.7 Å². The minimum atomic E-state index is 0.501. The van der Waals surface area contributed by atoms with Crippen LogP contribution in [-0.4, -0.2) is 9.38 Å². The number of nitrogens with two attached hydrogens (primary N) is 1. The molecule has 1 aromatic carbocycles. The Bertz CT molecular complexity index is 750. The second-order valence-electron chi connectivity index (χ2n) is 4.23. The molecule has 2 aromatic heterocycles. The number of hydrogen-bond donors (Lipinski definition) is 1. The van der Waals surface area contributed by atoms with Crippen molar-refractivity contribution in [1.29, 1.82) is 0 Å². The van der Waals surface area contributed by atoms with Gasteiger partial charge in [0, 0.05) is 24.5 Å². The largest absolute Gasteiger partial charge is 0.326 e. The fourth-order valence-electron chi connectivity index (χ4n) is 1.99. The average molecular weight is 292 g/mol. The lowest BCUT2D eigenvalue weighted by Gasteiger charge is -2.01. The van der Waals surface area contributed by atoms with Crippen molar-refractivity contribution >= 4 is 28.8 Å². The van der Waals surface area contributed by atoms with Gasteiger partial charge in [-0.25, -0.2) is 4.98 Å². The Morgan fingerprint density at radius 3 is 2.74 bits per heavy atom. The van der Waals surface area contributed by atoms with Crippen LogP contribution in [0.4, 0.5) is 0 Å². The standard InChI is InChI=1S/C14H11Cl2N3/c15-11-3-1-2-10(14(11)16)12-8-19-7-9(6-17)4-5-13(19)18-12/h1-5,7-8H,6,17H2. The van der Waals surface area contributed by atoms with Crippen molar-refractivity contribution in [3.8, 4) is 11.3 Å². The Labute approximate surface area is 120 Å². The molecule has 0 amide bonds. The highest BCUT2D eigenvalue weighted by molar-refractivity contribution is 6.43. The van der Waals surface area contributed by atoms with Crippen molar-refractivity contribution in [2.24, 2.45) is 5.73 Å². The summed E-state index contributed by atoms with van der Waals surface area (Å²) in [6, 6.07) is 9.42. The van der Waals surface area contributed by atoms with Crippen molar-refractivity contribution in [2.45, 2.75) is 6.54 Å². The molecule has 2 heterocycles. The van der Waals surface area contributed by atoms with Crippen molar-refractivity contribution in [2.75, 3.05) is 0 Å². The van der Waals surface area contributed by atoms with Crippen LogP contribution < -0.4 is 5.73 Å². The highest BCUT2D eigenvalue weighted by Gasteiger charge is 2.10. The molecule has 0 aliphatic heterocycles. The second-order valence-corrected chi connectivity index (χ2v) is 5.02. The number of aromatic nitrogens is 2.